The van der Waals surface area contributed by atoms with Gasteiger partial charge in [-0.3, -0.25) is 4.79 Å². The van der Waals surface area contributed by atoms with E-state index in [9.17, 15) is 4.79 Å². The number of piperidine rings is 2. The van der Waals surface area contributed by atoms with Gasteiger partial charge in [0.25, 0.3) is 5.91 Å². The van der Waals surface area contributed by atoms with Crippen LogP contribution in [0.4, 0.5) is 0 Å². The van der Waals surface area contributed by atoms with Gasteiger partial charge in [0.1, 0.15) is 5.76 Å². The SMILES string of the molecule is CC1CCCCN1CC1CCCN(C(=O)c2ccc(CN)o2)C1. The normalized spacial score (nSPS) is 26.4. The van der Waals surface area contributed by atoms with Gasteiger partial charge in [-0.1, -0.05) is 6.42 Å². The average molecular weight is 319 g/mol. The fourth-order valence-electron chi connectivity index (χ4n) is 3.92. The van der Waals surface area contributed by atoms with Crippen molar-refractivity contribution in [2.45, 2.75) is 51.6 Å². The second-order valence-electron chi connectivity index (χ2n) is 7.07. The molecule has 2 fully saturated rings. The summed E-state index contributed by atoms with van der Waals surface area (Å²) >= 11 is 0. The highest BCUT2D eigenvalue weighted by molar-refractivity contribution is 5.91. The van der Waals surface area contributed by atoms with Crippen LogP contribution >= 0.6 is 0 Å². The van der Waals surface area contributed by atoms with Crippen LogP contribution in [0.15, 0.2) is 16.5 Å². The Morgan fingerprint density at radius 1 is 1.26 bits per heavy atom. The number of furan rings is 1. The molecular weight excluding hydrogens is 290 g/mol. The minimum absolute atomic E-state index is 0.0149. The highest BCUT2D eigenvalue weighted by Gasteiger charge is 2.29. The number of amides is 1. The lowest BCUT2D eigenvalue weighted by Gasteiger charge is -2.39. The van der Waals surface area contributed by atoms with Gasteiger partial charge < -0.3 is 20.0 Å². The number of hydrogen-bond donors (Lipinski definition) is 1. The van der Waals surface area contributed by atoms with Crippen molar-refractivity contribution < 1.29 is 9.21 Å². The Labute approximate surface area is 138 Å². The zero-order chi connectivity index (χ0) is 16.2. The molecule has 2 aliphatic rings. The quantitative estimate of drug-likeness (QED) is 0.926. The van der Waals surface area contributed by atoms with Gasteiger partial charge in [0.2, 0.25) is 0 Å². The largest absolute Gasteiger partial charge is 0.455 e. The van der Waals surface area contributed by atoms with E-state index in [1.807, 2.05) is 4.90 Å². The molecule has 1 amide bonds. The summed E-state index contributed by atoms with van der Waals surface area (Å²) in [5.41, 5.74) is 5.56. The van der Waals surface area contributed by atoms with Gasteiger partial charge in [0, 0.05) is 25.7 Å². The molecule has 0 saturated carbocycles. The third-order valence-corrected chi connectivity index (χ3v) is 5.31. The Balaban J connectivity index is 1.58. The molecule has 3 rings (SSSR count). The van der Waals surface area contributed by atoms with Gasteiger partial charge in [-0.25, -0.2) is 0 Å². The zero-order valence-corrected chi connectivity index (χ0v) is 14.2. The summed E-state index contributed by atoms with van der Waals surface area (Å²) in [6.07, 6.45) is 6.29. The molecule has 2 atom stereocenters. The lowest BCUT2D eigenvalue weighted by molar-refractivity contribution is 0.0565. The number of carbonyl (C=O) groups excluding carboxylic acids is 1. The fraction of sp³-hybridized carbons (Fsp3) is 0.722. The Morgan fingerprint density at radius 3 is 2.87 bits per heavy atom. The predicted molar refractivity (Wildman–Crippen MR) is 90.1 cm³/mol. The summed E-state index contributed by atoms with van der Waals surface area (Å²) in [5.74, 6) is 1.69. The van der Waals surface area contributed by atoms with Gasteiger partial charge in [0.15, 0.2) is 5.76 Å². The molecule has 2 aliphatic heterocycles. The zero-order valence-electron chi connectivity index (χ0n) is 14.2. The Morgan fingerprint density at radius 2 is 2.13 bits per heavy atom. The molecule has 0 bridgehead atoms. The van der Waals surface area contributed by atoms with Crippen molar-refractivity contribution in [3.63, 3.8) is 0 Å². The Kier molecular flexibility index (Phi) is 5.38. The van der Waals surface area contributed by atoms with E-state index in [4.69, 9.17) is 10.2 Å². The lowest BCUT2D eigenvalue weighted by Crippen LogP contribution is -2.46. The summed E-state index contributed by atoms with van der Waals surface area (Å²) in [6, 6.07) is 4.23. The van der Waals surface area contributed by atoms with Crippen molar-refractivity contribution in [2.24, 2.45) is 11.7 Å². The van der Waals surface area contributed by atoms with Gasteiger partial charge in [0.05, 0.1) is 6.54 Å². The van der Waals surface area contributed by atoms with E-state index >= 15 is 0 Å². The maximum absolute atomic E-state index is 12.6. The first-order valence-electron chi connectivity index (χ1n) is 8.99. The van der Waals surface area contributed by atoms with Crippen LogP contribution in [-0.4, -0.2) is 47.9 Å². The second-order valence-corrected chi connectivity index (χ2v) is 7.07. The van der Waals surface area contributed by atoms with Gasteiger partial charge in [-0.15, -0.1) is 0 Å². The Bertz CT molecular complexity index is 528. The summed E-state index contributed by atoms with van der Waals surface area (Å²) < 4.78 is 5.52. The number of rotatable bonds is 4. The summed E-state index contributed by atoms with van der Waals surface area (Å²) in [5, 5.41) is 0. The lowest BCUT2D eigenvalue weighted by atomic mass is 9.94. The molecule has 0 aliphatic carbocycles. The highest BCUT2D eigenvalue weighted by Crippen LogP contribution is 2.24. The van der Waals surface area contributed by atoms with Crippen LogP contribution in [0.25, 0.3) is 0 Å². The van der Waals surface area contributed by atoms with Crippen molar-refractivity contribution in [2.75, 3.05) is 26.2 Å². The van der Waals surface area contributed by atoms with Gasteiger partial charge >= 0.3 is 0 Å². The average Bonchev–Trinajstić information content (AvgIpc) is 3.06. The van der Waals surface area contributed by atoms with Crippen LogP contribution in [0.1, 0.15) is 55.3 Å². The van der Waals surface area contributed by atoms with E-state index in [0.717, 1.165) is 26.1 Å². The van der Waals surface area contributed by atoms with Crippen molar-refractivity contribution in [1.29, 1.82) is 0 Å². The molecule has 0 spiro atoms. The van der Waals surface area contributed by atoms with Crippen LogP contribution in [0, 0.1) is 5.92 Å². The third kappa shape index (κ3) is 3.96. The first kappa shape index (κ1) is 16.5. The molecule has 1 aromatic rings. The molecule has 1 aromatic heterocycles. The van der Waals surface area contributed by atoms with Crippen LogP contribution in [0.5, 0.6) is 0 Å². The summed E-state index contributed by atoms with van der Waals surface area (Å²) in [7, 11) is 0. The standard InChI is InChI=1S/C18H29N3O2/c1-14-5-2-3-9-20(14)12-15-6-4-10-21(13-15)18(22)17-8-7-16(11-19)23-17/h7-8,14-15H,2-6,9-13,19H2,1H3. The predicted octanol–water partition coefficient (Wildman–Crippen LogP) is 2.46. The smallest absolute Gasteiger partial charge is 0.289 e. The van der Waals surface area contributed by atoms with Gasteiger partial charge in [-0.2, -0.15) is 0 Å². The number of carbonyl (C=O) groups is 1. The first-order valence-corrected chi connectivity index (χ1v) is 8.99. The minimum atomic E-state index is 0.0149. The van der Waals surface area contributed by atoms with E-state index in [1.165, 1.54) is 32.2 Å². The second kappa shape index (κ2) is 7.49. The van der Waals surface area contributed by atoms with Crippen molar-refractivity contribution in [3.05, 3.63) is 23.7 Å². The van der Waals surface area contributed by atoms with E-state index in [0.29, 0.717) is 30.0 Å². The number of nitrogens with two attached hydrogens (primary N) is 1. The molecular formula is C18H29N3O2. The van der Waals surface area contributed by atoms with E-state index in [2.05, 4.69) is 11.8 Å². The van der Waals surface area contributed by atoms with Crippen molar-refractivity contribution in [3.8, 4) is 0 Å². The molecule has 3 heterocycles. The van der Waals surface area contributed by atoms with E-state index in [1.54, 1.807) is 12.1 Å². The van der Waals surface area contributed by atoms with Crippen LogP contribution in [-0.2, 0) is 6.54 Å². The van der Waals surface area contributed by atoms with Crippen molar-refractivity contribution >= 4 is 5.91 Å². The monoisotopic (exact) mass is 319 g/mol. The maximum atomic E-state index is 12.6. The van der Waals surface area contributed by atoms with Crippen LogP contribution in [0.3, 0.4) is 0 Å². The molecule has 23 heavy (non-hydrogen) atoms. The first-order chi connectivity index (χ1) is 11.2. The Hall–Kier alpha value is -1.33. The molecule has 0 radical (unpaired) electrons. The van der Waals surface area contributed by atoms with E-state index < -0.39 is 0 Å². The summed E-state index contributed by atoms with van der Waals surface area (Å²) in [6.45, 7) is 6.69. The summed E-state index contributed by atoms with van der Waals surface area (Å²) in [4.78, 5) is 17.2. The number of nitrogens with zero attached hydrogens (tertiary/aromatic N) is 2. The molecule has 0 aromatic carbocycles. The number of hydrogen-bond acceptors (Lipinski definition) is 4. The minimum Gasteiger partial charge on any atom is -0.455 e. The number of likely N-dealkylation sites (tertiary alicyclic amines) is 2. The van der Waals surface area contributed by atoms with Crippen LogP contribution < -0.4 is 5.73 Å². The van der Waals surface area contributed by atoms with E-state index in [-0.39, 0.29) is 5.91 Å². The van der Waals surface area contributed by atoms with Crippen molar-refractivity contribution in [1.82, 2.24) is 9.80 Å². The van der Waals surface area contributed by atoms with Crippen LogP contribution in [0.2, 0.25) is 0 Å². The molecule has 5 heteroatoms. The molecule has 128 valence electrons. The van der Waals surface area contributed by atoms with Gasteiger partial charge in [-0.05, 0) is 57.2 Å². The topological polar surface area (TPSA) is 62.7 Å². The molecule has 2 N–H and O–H groups in total. The fourth-order valence-corrected chi connectivity index (χ4v) is 3.92. The highest BCUT2D eigenvalue weighted by atomic mass is 16.4. The molecule has 2 unspecified atom stereocenters. The molecule has 2 saturated heterocycles. The molecule has 5 nitrogen and oxygen atoms in total. The maximum Gasteiger partial charge on any atom is 0.289 e. The third-order valence-electron chi connectivity index (χ3n) is 5.31.